The zero-order valence-corrected chi connectivity index (χ0v) is 18.6. The topological polar surface area (TPSA) is 79.5 Å². The summed E-state index contributed by atoms with van der Waals surface area (Å²) in [5.74, 6) is 0.0719. The minimum Gasteiger partial charge on any atom is -0.493 e. The molecule has 3 aromatic rings. The van der Waals surface area contributed by atoms with Gasteiger partial charge in [-0.15, -0.1) is 0 Å². The van der Waals surface area contributed by atoms with Gasteiger partial charge in [0.25, 0.3) is 0 Å². The summed E-state index contributed by atoms with van der Waals surface area (Å²) < 4.78 is 12.1. The Bertz CT molecular complexity index is 1160. The van der Waals surface area contributed by atoms with Crippen LogP contribution in [0.2, 0.25) is 0 Å². The van der Waals surface area contributed by atoms with Crippen molar-refractivity contribution in [2.24, 2.45) is 0 Å². The fourth-order valence-corrected chi connectivity index (χ4v) is 3.52. The van der Waals surface area contributed by atoms with Gasteiger partial charge in [0.05, 0.1) is 28.8 Å². The van der Waals surface area contributed by atoms with Gasteiger partial charge >= 0.3 is 5.97 Å². The zero-order chi connectivity index (χ0) is 22.4. The van der Waals surface area contributed by atoms with Crippen molar-refractivity contribution in [3.63, 3.8) is 0 Å². The molecule has 0 unspecified atom stereocenters. The number of halogens is 1. The first-order valence-electron chi connectivity index (χ1n) is 9.42. The van der Waals surface area contributed by atoms with Gasteiger partial charge in [0.15, 0.2) is 11.5 Å². The van der Waals surface area contributed by atoms with Gasteiger partial charge < -0.3 is 14.6 Å². The molecule has 0 fully saturated rings. The number of methoxy groups -OCH3 is 1. The summed E-state index contributed by atoms with van der Waals surface area (Å²) in [6.45, 7) is 2.25. The van der Waals surface area contributed by atoms with E-state index in [-0.39, 0.29) is 12.2 Å². The summed E-state index contributed by atoms with van der Waals surface area (Å²) in [6, 6.07) is 20.2. The van der Waals surface area contributed by atoms with E-state index in [0.717, 1.165) is 22.3 Å². The number of rotatable bonds is 7. The molecule has 0 heterocycles. The highest BCUT2D eigenvalue weighted by Crippen LogP contribution is 2.38. The Balaban J connectivity index is 1.84. The van der Waals surface area contributed by atoms with Crippen LogP contribution < -0.4 is 9.47 Å². The maximum absolute atomic E-state index is 11.0. The van der Waals surface area contributed by atoms with Gasteiger partial charge in [-0.25, -0.2) is 4.79 Å². The number of hydrogen-bond acceptors (Lipinski definition) is 4. The smallest absolute Gasteiger partial charge is 0.335 e. The molecule has 156 valence electrons. The number of aryl methyl sites for hydroxylation is 1. The number of nitrogens with zero attached hydrogens (tertiary/aromatic N) is 1. The Labute approximate surface area is 189 Å². The normalized spacial score (nSPS) is 11.0. The molecule has 31 heavy (non-hydrogen) atoms. The van der Waals surface area contributed by atoms with Gasteiger partial charge in [0, 0.05) is 0 Å². The second-order valence-corrected chi connectivity index (χ2v) is 7.72. The molecule has 0 amide bonds. The first-order valence-corrected chi connectivity index (χ1v) is 10.2. The van der Waals surface area contributed by atoms with Crippen LogP contribution in [0.3, 0.4) is 0 Å². The number of ether oxygens (including phenoxy) is 2. The fourth-order valence-electron chi connectivity index (χ4n) is 2.94. The average molecular weight is 478 g/mol. The van der Waals surface area contributed by atoms with Gasteiger partial charge in [-0.1, -0.05) is 42.0 Å². The van der Waals surface area contributed by atoms with E-state index in [1.807, 2.05) is 37.3 Å². The number of carbonyl (C=O) groups is 1. The molecule has 1 N–H and O–H groups in total. The lowest BCUT2D eigenvalue weighted by molar-refractivity contribution is 0.0697. The van der Waals surface area contributed by atoms with E-state index >= 15 is 0 Å². The van der Waals surface area contributed by atoms with Gasteiger partial charge in [-0.3, -0.25) is 0 Å². The molecule has 0 aromatic heterocycles. The molecule has 0 saturated carbocycles. The minimum atomic E-state index is -0.970. The van der Waals surface area contributed by atoms with Crippen molar-refractivity contribution >= 4 is 33.5 Å². The maximum Gasteiger partial charge on any atom is 0.335 e. The minimum absolute atomic E-state index is 0.223. The van der Waals surface area contributed by atoms with Crippen molar-refractivity contribution in [3.05, 3.63) is 93.0 Å². The number of nitriles is 1. The number of carboxylic acid groups (broad SMARTS) is 1. The molecule has 5 nitrogen and oxygen atoms in total. The molecule has 0 bridgehead atoms. The standard InChI is InChI=1S/C25H20BrNO4/c1-16-3-7-19(8-4-16)21(14-27)11-18-12-22(26)24(23(13-18)30-2)31-15-17-5-9-20(10-6-17)25(28)29/h3-13H,15H2,1-2H3,(H,28,29)/b21-11-. The lowest BCUT2D eigenvalue weighted by atomic mass is 10.0. The first kappa shape index (κ1) is 22.1. The van der Waals surface area contributed by atoms with Crippen LogP contribution in [-0.2, 0) is 6.61 Å². The second kappa shape index (κ2) is 9.96. The number of allylic oxidation sites excluding steroid dienone is 1. The predicted molar refractivity (Wildman–Crippen MR) is 123 cm³/mol. The molecule has 0 atom stereocenters. The summed E-state index contributed by atoms with van der Waals surface area (Å²) in [7, 11) is 1.55. The number of aromatic carboxylic acids is 1. The Morgan fingerprint density at radius 3 is 2.32 bits per heavy atom. The van der Waals surface area contributed by atoms with Crippen LogP contribution >= 0.6 is 15.9 Å². The first-order chi connectivity index (χ1) is 14.9. The molecule has 0 aliphatic carbocycles. The van der Waals surface area contributed by atoms with Crippen molar-refractivity contribution in [2.75, 3.05) is 7.11 Å². The van der Waals surface area contributed by atoms with Crippen LogP contribution in [0.5, 0.6) is 11.5 Å². The predicted octanol–water partition coefficient (Wildman–Crippen LogP) is 6.11. The van der Waals surface area contributed by atoms with E-state index in [4.69, 9.17) is 14.6 Å². The highest BCUT2D eigenvalue weighted by molar-refractivity contribution is 9.10. The number of benzene rings is 3. The van der Waals surface area contributed by atoms with Crippen LogP contribution in [0.4, 0.5) is 0 Å². The fraction of sp³-hybridized carbons (Fsp3) is 0.120. The molecule has 0 spiro atoms. The molecule has 3 rings (SSSR count). The van der Waals surface area contributed by atoms with E-state index in [9.17, 15) is 10.1 Å². The van der Waals surface area contributed by atoms with Gasteiger partial charge in [0.1, 0.15) is 6.61 Å². The van der Waals surface area contributed by atoms with Crippen LogP contribution in [0.25, 0.3) is 11.6 Å². The van der Waals surface area contributed by atoms with Crippen LogP contribution in [0.1, 0.15) is 32.6 Å². The van der Waals surface area contributed by atoms with Crippen LogP contribution in [-0.4, -0.2) is 18.2 Å². The lowest BCUT2D eigenvalue weighted by Crippen LogP contribution is -2.01. The molecule has 0 aliphatic heterocycles. The third-order valence-corrected chi connectivity index (χ3v) is 5.22. The Morgan fingerprint density at radius 1 is 1.10 bits per heavy atom. The van der Waals surface area contributed by atoms with Gasteiger partial charge in [-0.2, -0.15) is 5.26 Å². The molecule has 6 heteroatoms. The number of carboxylic acids is 1. The molecular weight excluding hydrogens is 458 g/mol. The van der Waals surface area contributed by atoms with Crippen molar-refractivity contribution in [2.45, 2.75) is 13.5 Å². The largest absolute Gasteiger partial charge is 0.493 e. The summed E-state index contributed by atoms with van der Waals surface area (Å²) in [4.78, 5) is 11.0. The molecule has 3 aromatic carbocycles. The van der Waals surface area contributed by atoms with E-state index in [1.165, 1.54) is 12.1 Å². The quantitative estimate of drug-likeness (QED) is 0.328. The SMILES string of the molecule is COc1cc(/C=C(/C#N)c2ccc(C)cc2)cc(Br)c1OCc1ccc(C(=O)O)cc1. The maximum atomic E-state index is 11.0. The van der Waals surface area contributed by atoms with E-state index in [0.29, 0.717) is 21.5 Å². The highest BCUT2D eigenvalue weighted by Gasteiger charge is 2.13. The summed E-state index contributed by atoms with van der Waals surface area (Å²) in [5.41, 5.74) is 4.35. The van der Waals surface area contributed by atoms with Gasteiger partial charge in [-0.05, 0) is 69.9 Å². The number of hydrogen-bond donors (Lipinski definition) is 1. The molecule has 0 radical (unpaired) electrons. The van der Waals surface area contributed by atoms with Crippen molar-refractivity contribution in [1.29, 1.82) is 5.26 Å². The molecule has 0 saturated heterocycles. The summed E-state index contributed by atoms with van der Waals surface area (Å²) in [5, 5.41) is 18.6. The Morgan fingerprint density at radius 2 is 1.74 bits per heavy atom. The molecule has 0 aliphatic rings. The zero-order valence-electron chi connectivity index (χ0n) is 17.1. The Kier molecular flexibility index (Phi) is 7.11. The highest BCUT2D eigenvalue weighted by atomic mass is 79.9. The van der Waals surface area contributed by atoms with Gasteiger partial charge in [0.2, 0.25) is 0 Å². The van der Waals surface area contributed by atoms with E-state index < -0.39 is 5.97 Å². The summed E-state index contributed by atoms with van der Waals surface area (Å²) in [6.07, 6.45) is 1.80. The van der Waals surface area contributed by atoms with Crippen LogP contribution in [0.15, 0.2) is 65.1 Å². The van der Waals surface area contributed by atoms with Crippen molar-refractivity contribution < 1.29 is 19.4 Å². The van der Waals surface area contributed by atoms with E-state index in [1.54, 1.807) is 31.4 Å². The Hall–Kier alpha value is -3.56. The monoisotopic (exact) mass is 477 g/mol. The molecular formula is C25H20BrNO4. The van der Waals surface area contributed by atoms with E-state index in [2.05, 4.69) is 22.0 Å². The lowest BCUT2D eigenvalue weighted by Gasteiger charge is -2.14. The average Bonchev–Trinajstić information content (AvgIpc) is 2.77. The third kappa shape index (κ3) is 5.53. The van der Waals surface area contributed by atoms with Crippen LogP contribution in [0, 0.1) is 18.3 Å². The van der Waals surface area contributed by atoms with Crippen molar-refractivity contribution in [1.82, 2.24) is 0 Å². The third-order valence-electron chi connectivity index (χ3n) is 4.63. The second-order valence-electron chi connectivity index (χ2n) is 6.86. The van der Waals surface area contributed by atoms with Crippen molar-refractivity contribution in [3.8, 4) is 17.6 Å². The summed E-state index contributed by atoms with van der Waals surface area (Å²) >= 11 is 3.53.